The molecule has 0 saturated heterocycles. The number of amidine groups is 1. The number of nitrogens with zero attached hydrogens (tertiary/aromatic N) is 2. The van der Waals surface area contributed by atoms with Gasteiger partial charge in [-0.25, -0.2) is 10.0 Å². The first kappa shape index (κ1) is 15.2. The van der Waals surface area contributed by atoms with Crippen LogP contribution in [0.2, 0.25) is 0 Å². The van der Waals surface area contributed by atoms with Gasteiger partial charge in [-0.2, -0.15) is 0 Å². The van der Waals surface area contributed by atoms with Gasteiger partial charge in [-0.05, 0) is 30.5 Å². The standard InChI is InChI=1S/C16H16N4O2S/c1-11-16(22)20(12-6-3-2-4-7-12)19-14(18-11)15(21)17-10-13-8-5-9-23-13/h2-9,11H,10H2,1H3,(H,17,21)(H,18,19). The van der Waals surface area contributed by atoms with Crippen molar-refractivity contribution in [2.75, 3.05) is 5.01 Å². The third kappa shape index (κ3) is 3.40. The average molecular weight is 328 g/mol. The Bertz CT molecular complexity index is 728. The minimum absolute atomic E-state index is 0.137. The summed E-state index contributed by atoms with van der Waals surface area (Å²) >= 11 is 1.57. The number of carbonyl (C=O) groups excluding carboxylic acids is 2. The zero-order valence-electron chi connectivity index (χ0n) is 12.5. The van der Waals surface area contributed by atoms with Gasteiger partial charge >= 0.3 is 0 Å². The molecular formula is C16H16N4O2S. The highest BCUT2D eigenvalue weighted by Crippen LogP contribution is 2.16. The summed E-state index contributed by atoms with van der Waals surface area (Å²) < 4.78 is 0. The molecule has 6 nitrogen and oxygen atoms in total. The zero-order chi connectivity index (χ0) is 16.2. The average Bonchev–Trinajstić information content (AvgIpc) is 3.09. The van der Waals surface area contributed by atoms with Gasteiger partial charge in [0.1, 0.15) is 6.04 Å². The SMILES string of the molecule is CC1N=C(C(=O)NCc2cccs2)NN(c2ccccc2)C1=O. The molecule has 1 aromatic carbocycles. The van der Waals surface area contributed by atoms with Crippen molar-refractivity contribution in [2.45, 2.75) is 19.5 Å². The van der Waals surface area contributed by atoms with Gasteiger partial charge in [-0.15, -0.1) is 11.3 Å². The van der Waals surface area contributed by atoms with Gasteiger partial charge in [0.25, 0.3) is 11.8 Å². The third-order valence-corrected chi connectivity index (χ3v) is 4.23. The highest BCUT2D eigenvalue weighted by atomic mass is 32.1. The molecule has 0 spiro atoms. The molecule has 2 heterocycles. The number of aliphatic imine (C=N–C) groups is 1. The van der Waals surface area contributed by atoms with Gasteiger partial charge in [-0.3, -0.25) is 15.0 Å². The van der Waals surface area contributed by atoms with Crippen molar-refractivity contribution in [2.24, 2.45) is 4.99 Å². The zero-order valence-corrected chi connectivity index (χ0v) is 13.3. The van der Waals surface area contributed by atoms with Crippen molar-refractivity contribution in [1.29, 1.82) is 0 Å². The van der Waals surface area contributed by atoms with Crippen LogP contribution in [-0.2, 0) is 16.1 Å². The van der Waals surface area contributed by atoms with Crippen molar-refractivity contribution in [3.05, 3.63) is 52.7 Å². The van der Waals surface area contributed by atoms with E-state index >= 15 is 0 Å². The summed E-state index contributed by atoms with van der Waals surface area (Å²) in [5.74, 6) is -0.401. The highest BCUT2D eigenvalue weighted by molar-refractivity contribution is 7.09. The Labute approximate surface area is 137 Å². The highest BCUT2D eigenvalue weighted by Gasteiger charge is 2.30. The first-order valence-electron chi connectivity index (χ1n) is 7.19. The van der Waals surface area contributed by atoms with Crippen LogP contribution >= 0.6 is 11.3 Å². The minimum atomic E-state index is -0.612. The number of carbonyl (C=O) groups is 2. The number of benzene rings is 1. The normalized spacial score (nSPS) is 17.4. The lowest BCUT2D eigenvalue weighted by molar-refractivity contribution is -0.120. The van der Waals surface area contributed by atoms with E-state index in [2.05, 4.69) is 15.7 Å². The largest absolute Gasteiger partial charge is 0.344 e. The van der Waals surface area contributed by atoms with Crippen molar-refractivity contribution >= 4 is 34.7 Å². The molecule has 118 valence electrons. The Balaban J connectivity index is 1.73. The maximum absolute atomic E-state index is 12.3. The number of hydrogen-bond donors (Lipinski definition) is 2. The van der Waals surface area contributed by atoms with E-state index in [1.807, 2.05) is 35.7 Å². The topological polar surface area (TPSA) is 73.8 Å². The molecule has 2 aromatic rings. The summed E-state index contributed by atoms with van der Waals surface area (Å²) in [6.45, 7) is 2.11. The van der Waals surface area contributed by atoms with Crippen LogP contribution < -0.4 is 15.8 Å². The Hall–Kier alpha value is -2.67. The number of thiophene rings is 1. The number of nitrogens with one attached hydrogen (secondary N) is 2. The Morgan fingerprint density at radius 1 is 1.30 bits per heavy atom. The van der Waals surface area contributed by atoms with Gasteiger partial charge in [0.15, 0.2) is 0 Å². The molecule has 1 unspecified atom stereocenters. The van der Waals surface area contributed by atoms with E-state index in [-0.39, 0.29) is 17.6 Å². The molecule has 1 aliphatic rings. The molecule has 0 bridgehead atoms. The third-order valence-electron chi connectivity index (χ3n) is 3.35. The molecule has 7 heteroatoms. The summed E-state index contributed by atoms with van der Waals surface area (Å²) in [5, 5.41) is 6.12. The van der Waals surface area contributed by atoms with E-state index in [4.69, 9.17) is 0 Å². The van der Waals surface area contributed by atoms with Crippen molar-refractivity contribution in [3.8, 4) is 0 Å². The van der Waals surface area contributed by atoms with Crippen LogP contribution in [0.15, 0.2) is 52.8 Å². The Morgan fingerprint density at radius 3 is 2.78 bits per heavy atom. The second-order valence-corrected chi connectivity index (χ2v) is 6.07. The molecule has 2 amide bonds. The van der Waals surface area contributed by atoms with E-state index in [0.29, 0.717) is 12.2 Å². The van der Waals surface area contributed by atoms with Crippen LogP contribution in [0.3, 0.4) is 0 Å². The molecule has 0 radical (unpaired) electrons. The van der Waals surface area contributed by atoms with E-state index in [0.717, 1.165) is 4.88 Å². The van der Waals surface area contributed by atoms with Crippen molar-refractivity contribution < 1.29 is 9.59 Å². The number of anilines is 1. The van der Waals surface area contributed by atoms with E-state index < -0.39 is 6.04 Å². The molecule has 1 aliphatic heterocycles. The van der Waals surface area contributed by atoms with Crippen molar-refractivity contribution in [3.63, 3.8) is 0 Å². The molecule has 1 aromatic heterocycles. The quantitative estimate of drug-likeness (QED) is 0.897. The predicted octanol–water partition coefficient (Wildman–Crippen LogP) is 1.70. The molecular weight excluding hydrogens is 312 g/mol. The molecule has 0 saturated carbocycles. The first-order chi connectivity index (χ1) is 11.1. The monoisotopic (exact) mass is 328 g/mol. The summed E-state index contributed by atoms with van der Waals surface area (Å²) in [5.41, 5.74) is 3.47. The predicted molar refractivity (Wildman–Crippen MR) is 90.1 cm³/mol. The Kier molecular flexibility index (Phi) is 4.38. The number of para-hydroxylation sites is 1. The maximum Gasteiger partial charge on any atom is 0.288 e. The van der Waals surface area contributed by atoms with Crippen LogP contribution in [0.25, 0.3) is 0 Å². The summed E-state index contributed by atoms with van der Waals surface area (Å²) in [6, 6.07) is 12.4. The van der Waals surface area contributed by atoms with Gasteiger partial charge in [0.05, 0.1) is 12.2 Å². The number of hydrogen-bond acceptors (Lipinski definition) is 5. The lowest BCUT2D eigenvalue weighted by Crippen LogP contribution is -2.57. The van der Waals surface area contributed by atoms with E-state index in [1.165, 1.54) is 5.01 Å². The summed E-state index contributed by atoms with van der Waals surface area (Å²) in [4.78, 5) is 29.7. The first-order valence-corrected chi connectivity index (χ1v) is 8.07. The van der Waals surface area contributed by atoms with Gasteiger partial charge < -0.3 is 5.32 Å². The van der Waals surface area contributed by atoms with Crippen LogP contribution in [0.4, 0.5) is 5.69 Å². The molecule has 23 heavy (non-hydrogen) atoms. The smallest absolute Gasteiger partial charge is 0.288 e. The summed E-state index contributed by atoms with van der Waals surface area (Å²) in [7, 11) is 0. The molecule has 0 fully saturated rings. The van der Waals surface area contributed by atoms with Crippen LogP contribution in [0, 0.1) is 0 Å². The van der Waals surface area contributed by atoms with Crippen molar-refractivity contribution in [1.82, 2.24) is 10.7 Å². The lowest BCUT2D eigenvalue weighted by Gasteiger charge is -2.30. The van der Waals surface area contributed by atoms with Gasteiger partial charge in [0, 0.05) is 4.88 Å². The Morgan fingerprint density at radius 2 is 2.09 bits per heavy atom. The second-order valence-electron chi connectivity index (χ2n) is 5.04. The summed E-state index contributed by atoms with van der Waals surface area (Å²) in [6.07, 6.45) is 0. The van der Waals surface area contributed by atoms with Gasteiger partial charge in [0.2, 0.25) is 5.84 Å². The molecule has 3 rings (SSSR count). The lowest BCUT2D eigenvalue weighted by atomic mass is 10.2. The van der Waals surface area contributed by atoms with Crippen LogP contribution in [0.5, 0.6) is 0 Å². The molecule has 2 N–H and O–H groups in total. The molecule has 0 aliphatic carbocycles. The van der Waals surface area contributed by atoms with Crippen LogP contribution in [-0.4, -0.2) is 23.7 Å². The number of hydrazine groups is 1. The maximum atomic E-state index is 12.3. The van der Waals surface area contributed by atoms with E-state index in [9.17, 15) is 9.59 Å². The molecule has 1 atom stereocenters. The number of amides is 2. The fourth-order valence-electron chi connectivity index (χ4n) is 2.17. The van der Waals surface area contributed by atoms with Gasteiger partial charge in [-0.1, -0.05) is 24.3 Å². The minimum Gasteiger partial charge on any atom is -0.344 e. The van der Waals surface area contributed by atoms with E-state index in [1.54, 1.807) is 30.4 Å². The van der Waals surface area contributed by atoms with Crippen LogP contribution in [0.1, 0.15) is 11.8 Å². The second kappa shape index (κ2) is 6.62. The fraction of sp³-hybridized carbons (Fsp3) is 0.188. The number of rotatable bonds is 4. The fourth-order valence-corrected chi connectivity index (χ4v) is 2.81.